The van der Waals surface area contributed by atoms with Crippen LogP contribution in [0.25, 0.3) is 0 Å². The predicted octanol–water partition coefficient (Wildman–Crippen LogP) is 2.64. The number of carbonyl (C=O) groups excluding carboxylic acids is 1. The molecule has 0 aliphatic carbocycles. The van der Waals surface area contributed by atoms with Gasteiger partial charge in [0.1, 0.15) is 6.54 Å². The van der Waals surface area contributed by atoms with Gasteiger partial charge in [-0.25, -0.2) is 18.2 Å². The fourth-order valence-electron chi connectivity index (χ4n) is 2.70. The lowest BCUT2D eigenvalue weighted by Gasteiger charge is -2.20. The quantitative estimate of drug-likeness (QED) is 0.275. The van der Waals surface area contributed by atoms with E-state index in [1.165, 1.54) is 0 Å². The summed E-state index contributed by atoms with van der Waals surface area (Å²) in [6, 6.07) is 1.68. The van der Waals surface area contributed by atoms with E-state index in [0.717, 1.165) is 18.6 Å². The number of aliphatic imine (C=N–C) groups is 1. The molecular weight excluding hydrogens is 373 g/mol. The fraction of sp³-hybridized carbons (Fsp3) is 0.579. The zero-order chi connectivity index (χ0) is 21.1. The van der Waals surface area contributed by atoms with Gasteiger partial charge in [-0.1, -0.05) is 13.8 Å². The molecule has 1 aromatic rings. The Morgan fingerprint density at radius 2 is 1.89 bits per heavy atom. The van der Waals surface area contributed by atoms with Gasteiger partial charge in [0.05, 0.1) is 5.69 Å². The van der Waals surface area contributed by atoms with Gasteiger partial charge in [-0.15, -0.1) is 0 Å². The van der Waals surface area contributed by atoms with Crippen molar-refractivity contribution in [1.29, 1.82) is 0 Å². The van der Waals surface area contributed by atoms with Crippen LogP contribution in [-0.2, 0) is 4.79 Å². The van der Waals surface area contributed by atoms with E-state index in [1.807, 2.05) is 6.92 Å². The summed E-state index contributed by atoms with van der Waals surface area (Å²) in [5.74, 6) is -3.97. The van der Waals surface area contributed by atoms with Crippen LogP contribution in [0.2, 0.25) is 0 Å². The molecular formula is C19H29F3N4O2. The molecule has 1 aromatic carbocycles. The highest BCUT2D eigenvalue weighted by Gasteiger charge is 2.15. The van der Waals surface area contributed by atoms with E-state index >= 15 is 0 Å². The maximum Gasteiger partial charge on any atom is 0.246 e. The Hall–Kier alpha value is -2.29. The third-order valence-electron chi connectivity index (χ3n) is 3.93. The van der Waals surface area contributed by atoms with Gasteiger partial charge < -0.3 is 21.1 Å². The van der Waals surface area contributed by atoms with E-state index in [4.69, 9.17) is 0 Å². The number of anilines is 1. The third-order valence-corrected chi connectivity index (χ3v) is 3.93. The maximum atomic E-state index is 13.6. The number of aliphatic hydroxyl groups is 1. The Morgan fingerprint density at radius 1 is 1.18 bits per heavy atom. The summed E-state index contributed by atoms with van der Waals surface area (Å²) in [6.07, 6.45) is 1.59. The maximum absolute atomic E-state index is 13.6. The molecule has 0 bridgehead atoms. The van der Waals surface area contributed by atoms with Crippen molar-refractivity contribution in [3.8, 4) is 0 Å². The number of aliphatic hydroxyl groups excluding tert-OH is 1. The second kappa shape index (κ2) is 12.2. The van der Waals surface area contributed by atoms with Gasteiger partial charge in [0.25, 0.3) is 0 Å². The van der Waals surface area contributed by atoms with Crippen LogP contribution in [0.4, 0.5) is 18.9 Å². The summed E-state index contributed by atoms with van der Waals surface area (Å²) in [7, 11) is 0. The molecule has 0 spiro atoms. The lowest BCUT2D eigenvalue weighted by molar-refractivity contribution is -0.114. The largest absolute Gasteiger partial charge is 0.396 e. The van der Waals surface area contributed by atoms with Crippen molar-refractivity contribution < 1.29 is 23.1 Å². The molecule has 0 radical (unpaired) electrons. The van der Waals surface area contributed by atoms with Gasteiger partial charge in [-0.2, -0.15) is 0 Å². The van der Waals surface area contributed by atoms with Crippen LogP contribution in [-0.4, -0.2) is 43.2 Å². The molecule has 6 nitrogen and oxygen atoms in total. The Bertz CT molecular complexity index is 669. The third kappa shape index (κ3) is 8.16. The Labute approximate surface area is 163 Å². The van der Waals surface area contributed by atoms with Gasteiger partial charge in [0, 0.05) is 19.7 Å². The molecule has 0 aliphatic heterocycles. The van der Waals surface area contributed by atoms with E-state index in [0.29, 0.717) is 31.4 Å². The molecule has 4 N–H and O–H groups in total. The average molecular weight is 402 g/mol. The number of halogens is 3. The molecule has 0 saturated heterocycles. The monoisotopic (exact) mass is 402 g/mol. The van der Waals surface area contributed by atoms with E-state index in [9.17, 15) is 23.1 Å². The number of hydrogen-bond donors (Lipinski definition) is 4. The first-order chi connectivity index (χ1) is 13.3. The molecule has 9 heteroatoms. The molecule has 1 unspecified atom stereocenters. The Balaban J connectivity index is 2.67. The molecule has 0 saturated carbocycles. The lowest BCUT2D eigenvalue weighted by atomic mass is 9.94. The Kier molecular flexibility index (Phi) is 10.4. The number of amides is 1. The van der Waals surface area contributed by atoms with Crippen molar-refractivity contribution in [2.75, 3.05) is 31.6 Å². The van der Waals surface area contributed by atoms with Crippen molar-refractivity contribution in [1.82, 2.24) is 10.6 Å². The van der Waals surface area contributed by atoms with Crippen molar-refractivity contribution >= 4 is 17.6 Å². The summed E-state index contributed by atoms with van der Waals surface area (Å²) in [5, 5.41) is 17.5. The first kappa shape index (κ1) is 23.7. The number of nitrogens with one attached hydrogen (secondary N) is 3. The van der Waals surface area contributed by atoms with Crippen LogP contribution >= 0.6 is 0 Å². The number of hydrogen-bond acceptors (Lipinski definition) is 3. The predicted molar refractivity (Wildman–Crippen MR) is 104 cm³/mol. The van der Waals surface area contributed by atoms with E-state index < -0.39 is 29.0 Å². The number of rotatable bonds is 10. The van der Waals surface area contributed by atoms with Gasteiger partial charge >= 0.3 is 0 Å². The minimum absolute atomic E-state index is 0.0922. The summed E-state index contributed by atoms with van der Waals surface area (Å²) in [4.78, 5) is 16.1. The molecule has 0 fully saturated rings. The minimum Gasteiger partial charge on any atom is -0.396 e. The van der Waals surface area contributed by atoms with Gasteiger partial charge in [0.2, 0.25) is 5.91 Å². The molecule has 0 aliphatic rings. The second-order valence-electron chi connectivity index (χ2n) is 6.86. The Morgan fingerprint density at radius 3 is 2.50 bits per heavy atom. The van der Waals surface area contributed by atoms with E-state index in [-0.39, 0.29) is 19.1 Å². The fourth-order valence-corrected chi connectivity index (χ4v) is 2.70. The normalized spacial score (nSPS) is 12.8. The molecule has 0 heterocycles. The van der Waals surface area contributed by atoms with Crippen LogP contribution in [0.1, 0.15) is 33.6 Å². The first-order valence-electron chi connectivity index (χ1n) is 9.34. The second-order valence-corrected chi connectivity index (χ2v) is 6.86. The minimum atomic E-state index is -1.64. The molecule has 1 atom stereocenters. The van der Waals surface area contributed by atoms with Gasteiger partial charge in [-0.3, -0.25) is 4.79 Å². The van der Waals surface area contributed by atoms with Crippen molar-refractivity contribution in [3.05, 3.63) is 29.6 Å². The van der Waals surface area contributed by atoms with Crippen LogP contribution < -0.4 is 16.0 Å². The summed E-state index contributed by atoms with van der Waals surface area (Å²) >= 11 is 0. The standard InChI is InChI=1S/C19H29F3N4O2/c1-4-23-19(24-10-13(7-8-27)9-12(2)3)25-11-16(28)26-15-6-5-14(20)17(21)18(15)22/h5-6,12-13,27H,4,7-11H2,1-3H3,(H,26,28)(H2,23,24,25). The average Bonchev–Trinajstić information content (AvgIpc) is 2.64. The van der Waals surface area contributed by atoms with E-state index in [1.54, 1.807) is 0 Å². The molecule has 1 amide bonds. The van der Waals surface area contributed by atoms with Gasteiger partial charge in [-0.05, 0) is 43.7 Å². The highest BCUT2D eigenvalue weighted by atomic mass is 19.2. The lowest BCUT2D eigenvalue weighted by Crippen LogP contribution is -2.40. The summed E-state index contributed by atoms with van der Waals surface area (Å²) in [5.41, 5.74) is -0.447. The number of guanidine groups is 1. The molecule has 158 valence electrons. The number of nitrogens with zero attached hydrogens (tertiary/aromatic N) is 1. The smallest absolute Gasteiger partial charge is 0.246 e. The number of carbonyl (C=O) groups is 1. The first-order valence-corrected chi connectivity index (χ1v) is 9.34. The van der Waals surface area contributed by atoms with Crippen molar-refractivity contribution in [2.24, 2.45) is 16.8 Å². The molecule has 28 heavy (non-hydrogen) atoms. The highest BCUT2D eigenvalue weighted by molar-refractivity contribution is 5.94. The van der Waals surface area contributed by atoms with Gasteiger partial charge in [0.15, 0.2) is 23.4 Å². The highest BCUT2D eigenvalue weighted by Crippen LogP contribution is 2.19. The van der Waals surface area contributed by atoms with Crippen LogP contribution in [0, 0.1) is 29.3 Å². The van der Waals surface area contributed by atoms with Crippen molar-refractivity contribution in [2.45, 2.75) is 33.6 Å². The zero-order valence-electron chi connectivity index (χ0n) is 16.5. The molecule has 0 aromatic heterocycles. The zero-order valence-corrected chi connectivity index (χ0v) is 16.5. The topological polar surface area (TPSA) is 85.8 Å². The molecule has 1 rings (SSSR count). The summed E-state index contributed by atoms with van der Waals surface area (Å²) < 4.78 is 39.8. The SMILES string of the molecule is CCNC(=NCC(=O)Nc1ccc(F)c(F)c1F)NCC(CCO)CC(C)C. The van der Waals surface area contributed by atoms with Crippen molar-refractivity contribution in [3.63, 3.8) is 0 Å². The van der Waals surface area contributed by atoms with Crippen LogP contribution in [0.3, 0.4) is 0 Å². The van der Waals surface area contributed by atoms with Crippen LogP contribution in [0.15, 0.2) is 17.1 Å². The summed E-state index contributed by atoms with van der Waals surface area (Å²) in [6.45, 7) is 6.98. The van der Waals surface area contributed by atoms with Crippen LogP contribution in [0.5, 0.6) is 0 Å². The number of benzene rings is 1. The van der Waals surface area contributed by atoms with E-state index in [2.05, 4.69) is 34.8 Å².